The van der Waals surface area contributed by atoms with E-state index in [1.54, 1.807) is 6.92 Å². The van der Waals surface area contributed by atoms with Crippen LogP contribution in [0, 0.1) is 22.2 Å². The van der Waals surface area contributed by atoms with Gasteiger partial charge in [-0.25, -0.2) is 0 Å². The van der Waals surface area contributed by atoms with Gasteiger partial charge in [-0.15, -0.1) is 0 Å². The summed E-state index contributed by atoms with van der Waals surface area (Å²) in [7, 11) is 0. The Bertz CT molecular complexity index is 603. The molecule has 1 rings (SSSR count). The minimum absolute atomic E-state index is 0.138. The van der Waals surface area contributed by atoms with E-state index in [2.05, 4.69) is 41.5 Å². The van der Waals surface area contributed by atoms with Gasteiger partial charge in [0.25, 0.3) is 0 Å². The number of ketones is 1. The third-order valence-electron chi connectivity index (χ3n) is 7.50. The first kappa shape index (κ1) is 33.1. The largest absolute Gasteiger partial charge is 0.370 e. The zero-order valence-corrected chi connectivity index (χ0v) is 24.3. The molecule has 2 N–H and O–H groups in total. The van der Waals surface area contributed by atoms with Crippen molar-refractivity contribution in [1.29, 1.82) is 0 Å². The van der Waals surface area contributed by atoms with Gasteiger partial charge in [-0.05, 0) is 54.8 Å². The maximum absolute atomic E-state index is 10.9. The number of nitrogens with two attached hydrogens (primary N) is 1. The Morgan fingerprint density at radius 3 is 1.82 bits per heavy atom. The lowest BCUT2D eigenvalue weighted by Gasteiger charge is -2.41. The predicted octanol–water partition coefficient (Wildman–Crippen LogP) is 7.45. The van der Waals surface area contributed by atoms with Crippen LogP contribution >= 0.6 is 0 Å². The Morgan fingerprint density at radius 2 is 1.41 bits per heavy atom. The fourth-order valence-corrected chi connectivity index (χ4v) is 4.32. The number of Topliss-reactive ketones (excluding diaryl/α,β-unsaturated/α-hetero) is 1. The topological polar surface area (TPSA) is 78.6 Å². The lowest BCUT2D eigenvalue weighted by molar-refractivity contribution is -0.272. The fourth-order valence-electron chi connectivity index (χ4n) is 4.32. The lowest BCUT2D eigenvalue weighted by atomic mass is 9.74. The van der Waals surface area contributed by atoms with Gasteiger partial charge < -0.3 is 20.0 Å². The number of ether oxygens (including phenoxy) is 2. The molecule has 5 nitrogen and oxygen atoms in total. The second kappa shape index (κ2) is 14.6. The molecule has 0 aliphatic heterocycles. The molecule has 1 unspecified atom stereocenters. The molecule has 0 bridgehead atoms. The van der Waals surface area contributed by atoms with E-state index in [1.807, 2.05) is 20.8 Å². The zero-order valence-electron chi connectivity index (χ0n) is 24.3. The summed E-state index contributed by atoms with van der Waals surface area (Å²) in [5.41, 5.74) is 5.45. The van der Waals surface area contributed by atoms with Crippen LogP contribution in [0.25, 0.3) is 0 Å². The van der Waals surface area contributed by atoms with Crippen molar-refractivity contribution < 1.29 is 19.1 Å². The van der Waals surface area contributed by atoms with Crippen LogP contribution in [-0.2, 0) is 19.1 Å². The van der Waals surface area contributed by atoms with Gasteiger partial charge in [0.2, 0.25) is 5.91 Å². The minimum Gasteiger partial charge on any atom is -0.370 e. The van der Waals surface area contributed by atoms with Crippen molar-refractivity contribution in [3.8, 4) is 0 Å². The second-order valence-corrected chi connectivity index (χ2v) is 12.9. The molecule has 0 saturated heterocycles. The zero-order chi connectivity index (χ0) is 26.6. The normalized spacial score (nSPS) is 17.5. The first-order valence-electron chi connectivity index (χ1n) is 13.6. The summed E-state index contributed by atoms with van der Waals surface area (Å²) in [6, 6.07) is 0. The highest BCUT2D eigenvalue weighted by Gasteiger charge is 2.37. The van der Waals surface area contributed by atoms with Gasteiger partial charge in [0, 0.05) is 25.7 Å². The highest BCUT2D eigenvalue weighted by Crippen LogP contribution is 2.37. The average molecular weight is 484 g/mol. The Kier molecular flexibility index (Phi) is 14.2. The molecule has 0 aromatic heterocycles. The highest BCUT2D eigenvalue weighted by molar-refractivity contribution is 5.77. The van der Waals surface area contributed by atoms with Gasteiger partial charge >= 0.3 is 0 Å². The second-order valence-electron chi connectivity index (χ2n) is 12.9. The van der Waals surface area contributed by atoms with Gasteiger partial charge in [-0.3, -0.25) is 4.79 Å². The van der Waals surface area contributed by atoms with Crippen LogP contribution < -0.4 is 5.73 Å². The van der Waals surface area contributed by atoms with Crippen LogP contribution in [0.2, 0.25) is 0 Å². The van der Waals surface area contributed by atoms with E-state index in [0.29, 0.717) is 12.8 Å². The highest BCUT2D eigenvalue weighted by atomic mass is 16.7. The molecule has 202 valence electrons. The summed E-state index contributed by atoms with van der Waals surface area (Å²) in [4.78, 5) is 21.6. The van der Waals surface area contributed by atoms with Crippen molar-refractivity contribution in [3.05, 3.63) is 0 Å². The number of primary amides is 1. The van der Waals surface area contributed by atoms with Crippen molar-refractivity contribution in [3.63, 3.8) is 0 Å². The average Bonchev–Trinajstić information content (AvgIpc) is 2.71. The van der Waals surface area contributed by atoms with E-state index < -0.39 is 0 Å². The molecule has 0 spiro atoms. The van der Waals surface area contributed by atoms with E-state index in [4.69, 9.17) is 15.2 Å². The van der Waals surface area contributed by atoms with Crippen LogP contribution in [0.3, 0.4) is 0 Å². The lowest BCUT2D eigenvalue weighted by Crippen LogP contribution is -2.42. The molecule has 0 radical (unpaired) electrons. The summed E-state index contributed by atoms with van der Waals surface area (Å²) in [5, 5.41) is 0. The number of hydrogen-bond donors (Lipinski definition) is 1. The van der Waals surface area contributed by atoms with Gasteiger partial charge in [-0.1, -0.05) is 75.2 Å². The summed E-state index contributed by atoms with van der Waals surface area (Å²) >= 11 is 0. The third-order valence-corrected chi connectivity index (χ3v) is 7.50. The van der Waals surface area contributed by atoms with Crippen LogP contribution in [0.4, 0.5) is 0 Å². The molecular weight excluding hydrogens is 426 g/mol. The van der Waals surface area contributed by atoms with Gasteiger partial charge in [-0.2, -0.15) is 0 Å². The number of carbonyl (C=O) groups is 2. The van der Waals surface area contributed by atoms with Gasteiger partial charge in [0.1, 0.15) is 5.78 Å². The van der Waals surface area contributed by atoms with Crippen molar-refractivity contribution in [2.24, 2.45) is 27.9 Å². The predicted molar refractivity (Wildman–Crippen MR) is 143 cm³/mol. The van der Waals surface area contributed by atoms with Gasteiger partial charge in [0.15, 0.2) is 5.79 Å². The molecule has 1 fully saturated rings. The molecule has 1 amide bonds. The fraction of sp³-hybridized carbons (Fsp3) is 0.931. The van der Waals surface area contributed by atoms with Crippen LogP contribution in [-0.4, -0.2) is 30.7 Å². The Morgan fingerprint density at radius 1 is 0.912 bits per heavy atom. The molecule has 34 heavy (non-hydrogen) atoms. The number of hydrogen-bond acceptors (Lipinski definition) is 4. The minimum atomic E-state index is -0.310. The maximum atomic E-state index is 10.9. The van der Waals surface area contributed by atoms with Gasteiger partial charge in [0.05, 0.1) is 13.2 Å². The summed E-state index contributed by atoms with van der Waals surface area (Å²) in [6.45, 7) is 22.8. The quantitative estimate of drug-likeness (QED) is 0.260. The molecular formula is C29H57NO4. The standard InChI is InChI=1S/C19H38O2.C10H19NO2/c1-7-12-18(5,6)16-21-19(13-10-9-11-14-19)20-15-17(3,4)8-2;1-7(5-9(11)13)10(3,4)6-8(2)12/h7-16H2,1-6H3;7H,5-6H2,1-4H3,(H2,11,13). The van der Waals surface area contributed by atoms with Crippen LogP contribution in [0.15, 0.2) is 0 Å². The summed E-state index contributed by atoms with van der Waals surface area (Å²) in [6.07, 6.45) is 10.3. The van der Waals surface area contributed by atoms with E-state index in [-0.39, 0.29) is 39.6 Å². The van der Waals surface area contributed by atoms with Crippen molar-refractivity contribution in [2.75, 3.05) is 13.2 Å². The van der Waals surface area contributed by atoms with Crippen LogP contribution in [0.1, 0.15) is 133 Å². The monoisotopic (exact) mass is 483 g/mol. The third kappa shape index (κ3) is 13.8. The Hall–Kier alpha value is -0.940. The number of amides is 1. The molecule has 0 aromatic carbocycles. The number of rotatable bonds is 14. The molecule has 1 aliphatic rings. The maximum Gasteiger partial charge on any atom is 0.217 e. The van der Waals surface area contributed by atoms with Crippen LogP contribution in [0.5, 0.6) is 0 Å². The Labute approximate surface area is 211 Å². The van der Waals surface area contributed by atoms with Crippen molar-refractivity contribution in [2.45, 2.75) is 139 Å². The SMILES string of the molecule is CC(=O)CC(C)(C)C(C)CC(N)=O.CCCC(C)(C)COC1(OCC(C)(C)CC)CCCCC1. The summed E-state index contributed by atoms with van der Waals surface area (Å²) < 4.78 is 12.8. The van der Waals surface area contributed by atoms with Crippen molar-refractivity contribution >= 4 is 11.7 Å². The number of carbonyl (C=O) groups excluding carboxylic acids is 2. The molecule has 5 heteroatoms. The molecule has 1 aliphatic carbocycles. The van der Waals surface area contributed by atoms with E-state index >= 15 is 0 Å². The molecule has 1 saturated carbocycles. The van der Waals surface area contributed by atoms with Crippen molar-refractivity contribution in [1.82, 2.24) is 0 Å². The van der Waals surface area contributed by atoms with E-state index in [0.717, 1.165) is 32.5 Å². The first-order chi connectivity index (χ1) is 15.5. The first-order valence-corrected chi connectivity index (χ1v) is 13.6. The smallest absolute Gasteiger partial charge is 0.217 e. The van der Waals surface area contributed by atoms with E-state index in [1.165, 1.54) is 32.1 Å². The molecule has 0 heterocycles. The molecule has 1 atom stereocenters. The van der Waals surface area contributed by atoms with E-state index in [9.17, 15) is 9.59 Å². The Balaban J connectivity index is 0.000000722. The summed E-state index contributed by atoms with van der Waals surface area (Å²) in [5.74, 6) is -0.310. The molecule has 0 aromatic rings.